The normalized spacial score (nSPS) is 16.3. The van der Waals surface area contributed by atoms with Crippen LogP contribution in [0.15, 0.2) is 0 Å². The van der Waals surface area contributed by atoms with E-state index in [2.05, 4.69) is 16.7 Å². The summed E-state index contributed by atoms with van der Waals surface area (Å²) < 4.78 is 5.41. The Labute approximate surface area is 169 Å². The van der Waals surface area contributed by atoms with Gasteiger partial charge in [0.15, 0.2) is 6.10 Å². The van der Waals surface area contributed by atoms with Crippen LogP contribution in [0.2, 0.25) is 0 Å². The molecule has 0 spiro atoms. The van der Waals surface area contributed by atoms with Gasteiger partial charge in [-0.2, -0.15) is 5.26 Å². The predicted molar refractivity (Wildman–Crippen MR) is 107 cm³/mol. The number of amides is 2. The van der Waals surface area contributed by atoms with Crippen LogP contribution in [-0.2, 0) is 27.2 Å². The van der Waals surface area contributed by atoms with Crippen molar-refractivity contribution in [2.75, 3.05) is 5.32 Å². The first-order chi connectivity index (χ1) is 13.1. The van der Waals surface area contributed by atoms with E-state index in [-0.39, 0.29) is 11.8 Å². The molecule has 7 nitrogen and oxygen atoms in total. The lowest BCUT2D eigenvalue weighted by molar-refractivity contribution is -0.130. The molecule has 0 bridgehead atoms. The number of carbonyl (C=O) groups is 3. The van der Waals surface area contributed by atoms with Gasteiger partial charge >= 0.3 is 5.97 Å². The average molecular weight is 406 g/mol. The number of thiophene rings is 1. The number of nitrogens with one attached hydrogen (secondary N) is 2. The molecule has 152 valence electrons. The van der Waals surface area contributed by atoms with E-state index >= 15 is 0 Å². The summed E-state index contributed by atoms with van der Waals surface area (Å²) in [6.07, 6.45) is 2.56. The maximum Gasteiger partial charge on any atom is 0.342 e. The molecule has 2 N–H and O–H groups in total. The van der Waals surface area contributed by atoms with E-state index in [1.165, 1.54) is 25.2 Å². The zero-order chi connectivity index (χ0) is 21.1. The first-order valence-electron chi connectivity index (χ1n) is 9.45. The molecule has 0 saturated heterocycles. The third kappa shape index (κ3) is 4.71. The Morgan fingerprint density at radius 2 is 1.86 bits per heavy atom. The molecule has 2 rings (SSSR count). The van der Waals surface area contributed by atoms with Crippen molar-refractivity contribution in [1.82, 2.24) is 5.32 Å². The molecule has 1 aliphatic rings. The second-order valence-corrected chi connectivity index (χ2v) is 8.71. The second-order valence-electron chi connectivity index (χ2n) is 7.60. The number of nitriles is 1. The van der Waals surface area contributed by atoms with Crippen molar-refractivity contribution in [2.45, 2.75) is 71.9 Å². The first kappa shape index (κ1) is 21.9. The maximum absolute atomic E-state index is 12.9. The summed E-state index contributed by atoms with van der Waals surface area (Å²) >= 11 is 1.40. The monoisotopic (exact) mass is 405 g/mol. The molecule has 2 atom stereocenters. The third-order valence-electron chi connectivity index (χ3n) is 5.09. The molecule has 1 heterocycles. The molecular weight excluding hydrogens is 378 g/mol. The average Bonchev–Trinajstić information content (AvgIpc) is 2.98. The Kier molecular flexibility index (Phi) is 6.83. The SMILES string of the molecule is CC(=O)Nc1sc2c(c1C(=O)O[C@H](C)C(=O)N[C@](C)(C#N)C(C)C)CCCC2. The lowest BCUT2D eigenvalue weighted by Gasteiger charge is -2.28. The fourth-order valence-corrected chi connectivity index (χ4v) is 4.29. The van der Waals surface area contributed by atoms with Crippen molar-refractivity contribution >= 4 is 34.1 Å². The number of hydrogen-bond acceptors (Lipinski definition) is 6. The maximum atomic E-state index is 12.9. The summed E-state index contributed by atoms with van der Waals surface area (Å²) in [4.78, 5) is 37.9. The summed E-state index contributed by atoms with van der Waals surface area (Å²) in [6, 6.07) is 2.10. The van der Waals surface area contributed by atoms with Crippen molar-refractivity contribution in [3.63, 3.8) is 0 Å². The van der Waals surface area contributed by atoms with Gasteiger partial charge in [-0.1, -0.05) is 13.8 Å². The number of nitrogens with zero attached hydrogens (tertiary/aromatic N) is 1. The van der Waals surface area contributed by atoms with Gasteiger partial charge < -0.3 is 15.4 Å². The van der Waals surface area contributed by atoms with Crippen LogP contribution in [0.25, 0.3) is 0 Å². The fraction of sp³-hybridized carbons (Fsp3) is 0.600. The van der Waals surface area contributed by atoms with Gasteiger partial charge in [-0.05, 0) is 51.0 Å². The topological polar surface area (TPSA) is 108 Å². The Balaban J connectivity index is 2.20. The number of rotatable bonds is 6. The standard InChI is InChI=1S/C20H27N3O4S/c1-11(2)20(5,10-21)23-17(25)12(3)27-19(26)16-14-8-6-7-9-15(14)28-18(16)22-13(4)24/h11-12H,6-9H2,1-5H3,(H,22,24)(H,23,25)/t12-,20-/m1/s1. The van der Waals surface area contributed by atoms with Crippen LogP contribution in [0.5, 0.6) is 0 Å². The predicted octanol–water partition coefficient (Wildman–Crippen LogP) is 3.19. The summed E-state index contributed by atoms with van der Waals surface area (Å²) in [5.74, 6) is -1.54. The van der Waals surface area contributed by atoms with Gasteiger partial charge in [0, 0.05) is 11.8 Å². The van der Waals surface area contributed by atoms with Gasteiger partial charge in [0.05, 0.1) is 11.6 Å². The zero-order valence-electron chi connectivity index (χ0n) is 17.0. The Hall–Kier alpha value is -2.40. The van der Waals surface area contributed by atoms with E-state index in [1.807, 2.05) is 13.8 Å². The van der Waals surface area contributed by atoms with Gasteiger partial charge in [0.2, 0.25) is 5.91 Å². The molecule has 2 amide bonds. The number of anilines is 1. The Morgan fingerprint density at radius 3 is 2.43 bits per heavy atom. The minimum absolute atomic E-state index is 0.111. The van der Waals surface area contributed by atoms with Gasteiger partial charge in [-0.3, -0.25) is 9.59 Å². The number of ether oxygens (including phenoxy) is 1. The quantitative estimate of drug-likeness (QED) is 0.707. The van der Waals surface area contributed by atoms with Crippen molar-refractivity contribution in [2.24, 2.45) is 5.92 Å². The smallest absolute Gasteiger partial charge is 0.342 e. The molecule has 1 aromatic rings. The van der Waals surface area contributed by atoms with E-state index in [0.29, 0.717) is 10.6 Å². The molecule has 0 fully saturated rings. The van der Waals surface area contributed by atoms with Gasteiger partial charge in [-0.25, -0.2) is 4.79 Å². The summed E-state index contributed by atoms with van der Waals surface area (Å²) in [5, 5.41) is 15.2. The first-order valence-corrected chi connectivity index (χ1v) is 10.3. The number of carbonyl (C=O) groups excluding carboxylic acids is 3. The number of esters is 1. The molecule has 1 aromatic heterocycles. The highest BCUT2D eigenvalue weighted by molar-refractivity contribution is 7.17. The molecule has 28 heavy (non-hydrogen) atoms. The third-order valence-corrected chi connectivity index (χ3v) is 6.30. The fourth-order valence-electron chi connectivity index (χ4n) is 2.96. The number of fused-ring (bicyclic) bond motifs is 1. The zero-order valence-corrected chi connectivity index (χ0v) is 17.8. The lowest BCUT2D eigenvalue weighted by Crippen LogP contribution is -2.52. The molecule has 0 aromatic carbocycles. The summed E-state index contributed by atoms with van der Waals surface area (Å²) in [6.45, 7) is 8.16. The van der Waals surface area contributed by atoms with Crippen LogP contribution in [0.3, 0.4) is 0 Å². The van der Waals surface area contributed by atoms with Gasteiger partial charge in [0.1, 0.15) is 10.5 Å². The van der Waals surface area contributed by atoms with Gasteiger partial charge in [-0.15, -0.1) is 11.3 Å². The van der Waals surface area contributed by atoms with Crippen LogP contribution < -0.4 is 10.6 Å². The molecular formula is C20H27N3O4S. The van der Waals surface area contributed by atoms with Gasteiger partial charge in [0.25, 0.3) is 5.91 Å². The van der Waals surface area contributed by atoms with Crippen molar-refractivity contribution in [1.29, 1.82) is 5.26 Å². The second kappa shape index (κ2) is 8.74. The summed E-state index contributed by atoms with van der Waals surface area (Å²) in [7, 11) is 0. The number of hydrogen-bond donors (Lipinski definition) is 2. The Bertz CT molecular complexity index is 824. The minimum atomic E-state index is -1.07. The van der Waals surface area contributed by atoms with Crippen molar-refractivity contribution < 1.29 is 19.1 Å². The van der Waals surface area contributed by atoms with Crippen LogP contribution in [0, 0.1) is 17.2 Å². The highest BCUT2D eigenvalue weighted by Gasteiger charge is 2.34. The highest BCUT2D eigenvalue weighted by atomic mass is 32.1. The van der Waals surface area contributed by atoms with E-state index in [4.69, 9.17) is 4.74 Å². The highest BCUT2D eigenvalue weighted by Crippen LogP contribution is 2.38. The molecule has 0 aliphatic heterocycles. The molecule has 8 heteroatoms. The van der Waals surface area contributed by atoms with Crippen molar-refractivity contribution in [3.8, 4) is 6.07 Å². The molecule has 0 unspecified atom stereocenters. The molecule has 0 saturated carbocycles. The number of aryl methyl sites for hydroxylation is 1. The van der Waals surface area contributed by atoms with Crippen LogP contribution in [0.1, 0.15) is 68.3 Å². The molecule has 1 aliphatic carbocycles. The summed E-state index contributed by atoms with van der Waals surface area (Å²) in [5.41, 5.74) is 0.198. The van der Waals surface area contributed by atoms with E-state index in [9.17, 15) is 19.6 Å². The lowest BCUT2D eigenvalue weighted by atomic mass is 9.90. The largest absolute Gasteiger partial charge is 0.449 e. The van der Waals surface area contributed by atoms with Crippen LogP contribution >= 0.6 is 11.3 Å². The Morgan fingerprint density at radius 1 is 1.21 bits per heavy atom. The van der Waals surface area contributed by atoms with Crippen molar-refractivity contribution in [3.05, 3.63) is 16.0 Å². The minimum Gasteiger partial charge on any atom is -0.449 e. The van der Waals surface area contributed by atoms with Crippen LogP contribution in [-0.4, -0.2) is 29.4 Å². The molecule has 0 radical (unpaired) electrons. The van der Waals surface area contributed by atoms with Crippen LogP contribution in [0.4, 0.5) is 5.00 Å². The van der Waals surface area contributed by atoms with E-state index < -0.39 is 23.5 Å². The van der Waals surface area contributed by atoms with E-state index in [1.54, 1.807) is 6.92 Å². The van der Waals surface area contributed by atoms with E-state index in [0.717, 1.165) is 36.1 Å².